The van der Waals surface area contributed by atoms with Crippen molar-refractivity contribution in [1.82, 2.24) is 4.98 Å². The summed E-state index contributed by atoms with van der Waals surface area (Å²) in [4.78, 5) is 27.6. The second kappa shape index (κ2) is 5.53. The Balaban J connectivity index is 2.37. The molecule has 114 valence electrons. The van der Waals surface area contributed by atoms with Crippen LogP contribution in [0.5, 0.6) is 0 Å². The predicted octanol–water partition coefficient (Wildman–Crippen LogP) is 3.61. The molecule has 0 aliphatic rings. The summed E-state index contributed by atoms with van der Waals surface area (Å²) in [6, 6.07) is 13.8. The molecule has 0 atom stereocenters. The number of carbonyl (C=O) groups is 2. The number of hydrogen-bond donors (Lipinski definition) is 2. The van der Waals surface area contributed by atoms with Crippen LogP contribution in [0, 0.1) is 6.92 Å². The van der Waals surface area contributed by atoms with Gasteiger partial charge < -0.3 is 10.2 Å². The highest BCUT2D eigenvalue weighted by atomic mass is 16.4. The zero-order valence-electron chi connectivity index (χ0n) is 12.3. The number of aromatic carboxylic acids is 2. The van der Waals surface area contributed by atoms with Crippen LogP contribution >= 0.6 is 0 Å². The minimum atomic E-state index is -1.18. The van der Waals surface area contributed by atoms with Crippen LogP contribution in [0.25, 0.3) is 22.2 Å². The summed E-state index contributed by atoms with van der Waals surface area (Å²) in [5, 5.41) is 19.8. The van der Waals surface area contributed by atoms with E-state index in [0.29, 0.717) is 16.8 Å². The van der Waals surface area contributed by atoms with Crippen LogP contribution in [0.1, 0.15) is 26.3 Å². The third kappa shape index (κ3) is 2.53. The van der Waals surface area contributed by atoms with E-state index in [2.05, 4.69) is 4.98 Å². The maximum atomic E-state index is 11.6. The number of aryl methyl sites for hydroxylation is 1. The van der Waals surface area contributed by atoms with E-state index >= 15 is 0 Å². The maximum Gasteiger partial charge on any atom is 0.336 e. The number of fused-ring (bicyclic) bond motifs is 1. The van der Waals surface area contributed by atoms with Gasteiger partial charge in [0.25, 0.3) is 0 Å². The van der Waals surface area contributed by atoms with Crippen molar-refractivity contribution in [1.29, 1.82) is 0 Å². The number of benzene rings is 2. The van der Waals surface area contributed by atoms with Gasteiger partial charge in [-0.2, -0.15) is 0 Å². The summed E-state index contributed by atoms with van der Waals surface area (Å²) < 4.78 is 0. The zero-order valence-corrected chi connectivity index (χ0v) is 12.3. The first-order valence-electron chi connectivity index (χ1n) is 6.95. The van der Waals surface area contributed by atoms with E-state index in [4.69, 9.17) is 0 Å². The molecule has 0 aliphatic carbocycles. The summed E-state index contributed by atoms with van der Waals surface area (Å²) in [6.07, 6.45) is 0. The lowest BCUT2D eigenvalue weighted by molar-refractivity contribution is 0.0695. The quantitative estimate of drug-likeness (QED) is 0.772. The third-order valence-corrected chi connectivity index (χ3v) is 3.71. The van der Waals surface area contributed by atoms with Crippen LogP contribution < -0.4 is 0 Å². The van der Waals surface area contributed by atoms with E-state index in [1.54, 1.807) is 25.1 Å². The molecule has 0 amide bonds. The number of para-hydroxylation sites is 1. The van der Waals surface area contributed by atoms with Gasteiger partial charge in [0.2, 0.25) is 0 Å². The van der Waals surface area contributed by atoms with Gasteiger partial charge in [-0.15, -0.1) is 0 Å². The first kappa shape index (κ1) is 14.7. The molecule has 23 heavy (non-hydrogen) atoms. The average molecular weight is 307 g/mol. The van der Waals surface area contributed by atoms with E-state index in [9.17, 15) is 19.8 Å². The maximum absolute atomic E-state index is 11.6. The lowest BCUT2D eigenvalue weighted by atomic mass is 9.93. The van der Waals surface area contributed by atoms with Crippen LogP contribution in [0.4, 0.5) is 0 Å². The molecule has 0 saturated heterocycles. The SMILES string of the molecule is Cc1ccc(C(=O)O)c(-c2ccc3ccccc3n2)c1C(=O)O. The van der Waals surface area contributed by atoms with Crippen LogP contribution in [-0.4, -0.2) is 27.1 Å². The fourth-order valence-electron chi connectivity index (χ4n) is 2.63. The lowest BCUT2D eigenvalue weighted by Gasteiger charge is -2.12. The molecule has 3 rings (SSSR count). The molecule has 2 N–H and O–H groups in total. The molecule has 2 aromatic carbocycles. The molecule has 0 aliphatic heterocycles. The first-order chi connectivity index (χ1) is 11.0. The standard InChI is InChI=1S/C18H13NO4/c1-10-6-8-12(17(20)21)16(15(10)18(22)23)14-9-7-11-4-2-3-5-13(11)19-14/h2-9H,1H3,(H,20,21)(H,22,23). The second-order valence-electron chi connectivity index (χ2n) is 5.18. The molecule has 0 unspecified atom stereocenters. The molecule has 3 aromatic rings. The first-order valence-corrected chi connectivity index (χ1v) is 6.95. The van der Waals surface area contributed by atoms with Gasteiger partial charge in [-0.05, 0) is 30.7 Å². The minimum absolute atomic E-state index is 0.0346. The average Bonchev–Trinajstić information content (AvgIpc) is 2.53. The van der Waals surface area contributed by atoms with Crippen LogP contribution in [0.3, 0.4) is 0 Å². The molecule has 0 bridgehead atoms. The van der Waals surface area contributed by atoms with Gasteiger partial charge in [0.1, 0.15) is 0 Å². The second-order valence-corrected chi connectivity index (χ2v) is 5.18. The van der Waals surface area contributed by atoms with Crippen molar-refractivity contribution in [2.75, 3.05) is 0 Å². The molecule has 0 saturated carbocycles. The molecule has 0 radical (unpaired) electrons. The summed E-state index contributed by atoms with van der Waals surface area (Å²) in [6.45, 7) is 1.64. The minimum Gasteiger partial charge on any atom is -0.478 e. The Morgan fingerprint density at radius 1 is 0.913 bits per heavy atom. The normalized spacial score (nSPS) is 10.7. The smallest absolute Gasteiger partial charge is 0.336 e. The number of pyridine rings is 1. The van der Waals surface area contributed by atoms with Crippen molar-refractivity contribution in [3.8, 4) is 11.3 Å². The molecule has 0 fully saturated rings. The van der Waals surface area contributed by atoms with Crippen molar-refractivity contribution >= 4 is 22.8 Å². The Morgan fingerprint density at radius 3 is 2.35 bits per heavy atom. The zero-order chi connectivity index (χ0) is 16.6. The van der Waals surface area contributed by atoms with Crippen molar-refractivity contribution in [2.45, 2.75) is 6.92 Å². The van der Waals surface area contributed by atoms with Crippen molar-refractivity contribution in [3.05, 3.63) is 65.2 Å². The number of nitrogens with zero attached hydrogens (tertiary/aromatic N) is 1. The fourth-order valence-corrected chi connectivity index (χ4v) is 2.63. The Hall–Kier alpha value is -3.21. The Labute approximate surface area is 131 Å². The van der Waals surface area contributed by atoms with Gasteiger partial charge in [0, 0.05) is 10.9 Å². The lowest BCUT2D eigenvalue weighted by Crippen LogP contribution is -2.09. The molecule has 5 nitrogen and oxygen atoms in total. The largest absolute Gasteiger partial charge is 0.478 e. The Morgan fingerprint density at radius 2 is 1.65 bits per heavy atom. The molecule has 1 aromatic heterocycles. The molecule has 1 heterocycles. The summed E-state index contributed by atoms with van der Waals surface area (Å²) in [5.74, 6) is -2.35. The van der Waals surface area contributed by atoms with Crippen molar-refractivity contribution < 1.29 is 19.8 Å². The van der Waals surface area contributed by atoms with Gasteiger partial charge in [-0.1, -0.05) is 30.3 Å². The van der Waals surface area contributed by atoms with E-state index in [0.717, 1.165) is 5.39 Å². The van der Waals surface area contributed by atoms with Crippen LogP contribution in [0.15, 0.2) is 48.5 Å². The van der Waals surface area contributed by atoms with Gasteiger partial charge in [0.15, 0.2) is 0 Å². The highest BCUT2D eigenvalue weighted by molar-refractivity contribution is 6.05. The topological polar surface area (TPSA) is 87.5 Å². The van der Waals surface area contributed by atoms with E-state index in [1.165, 1.54) is 12.1 Å². The van der Waals surface area contributed by atoms with Gasteiger partial charge >= 0.3 is 11.9 Å². The molecule has 5 heteroatoms. The predicted molar refractivity (Wildman–Crippen MR) is 85.8 cm³/mol. The Bertz CT molecular complexity index is 947. The summed E-state index contributed by atoms with van der Waals surface area (Å²) in [7, 11) is 0. The number of rotatable bonds is 3. The van der Waals surface area contributed by atoms with Crippen LogP contribution in [0.2, 0.25) is 0 Å². The van der Waals surface area contributed by atoms with Gasteiger partial charge in [0.05, 0.1) is 22.3 Å². The van der Waals surface area contributed by atoms with E-state index in [1.807, 2.05) is 18.2 Å². The van der Waals surface area contributed by atoms with Gasteiger partial charge in [-0.25, -0.2) is 14.6 Å². The number of carboxylic acids is 2. The fraction of sp³-hybridized carbons (Fsp3) is 0.0556. The number of carboxylic acid groups (broad SMARTS) is 2. The summed E-state index contributed by atoms with van der Waals surface area (Å²) >= 11 is 0. The highest BCUT2D eigenvalue weighted by Crippen LogP contribution is 2.30. The molecular formula is C18H13NO4. The third-order valence-electron chi connectivity index (χ3n) is 3.71. The van der Waals surface area contributed by atoms with Crippen molar-refractivity contribution in [2.24, 2.45) is 0 Å². The molecular weight excluding hydrogens is 294 g/mol. The van der Waals surface area contributed by atoms with Crippen LogP contribution in [-0.2, 0) is 0 Å². The van der Waals surface area contributed by atoms with Gasteiger partial charge in [-0.3, -0.25) is 0 Å². The van der Waals surface area contributed by atoms with E-state index in [-0.39, 0.29) is 16.7 Å². The molecule has 0 spiro atoms. The van der Waals surface area contributed by atoms with Crippen molar-refractivity contribution in [3.63, 3.8) is 0 Å². The van der Waals surface area contributed by atoms with E-state index < -0.39 is 11.9 Å². The monoisotopic (exact) mass is 307 g/mol. The Kier molecular flexibility index (Phi) is 3.54. The summed E-state index contributed by atoms with van der Waals surface area (Å²) in [5.41, 5.74) is 1.54. The highest BCUT2D eigenvalue weighted by Gasteiger charge is 2.23. The number of hydrogen-bond acceptors (Lipinski definition) is 3. The number of aromatic nitrogens is 1.